The fourth-order valence-electron chi connectivity index (χ4n) is 5.72. The summed E-state index contributed by atoms with van der Waals surface area (Å²) >= 11 is 0. The molecule has 3 N–H and O–H groups in total. The molecule has 4 rings (SSSR count). The van der Waals surface area contributed by atoms with Gasteiger partial charge in [-0.2, -0.15) is 0 Å². The number of nitrogens with zero attached hydrogens (tertiary/aromatic N) is 1. The van der Waals surface area contributed by atoms with Crippen LogP contribution in [0.1, 0.15) is 71.4 Å². The summed E-state index contributed by atoms with van der Waals surface area (Å²) in [5, 5.41) is 12.4. The highest BCUT2D eigenvalue weighted by atomic mass is 19.3. The van der Waals surface area contributed by atoms with Crippen LogP contribution in [-0.4, -0.2) is 76.7 Å². The molecule has 0 unspecified atom stereocenters. The molecule has 0 bridgehead atoms. The van der Waals surface area contributed by atoms with Crippen LogP contribution in [0.5, 0.6) is 5.75 Å². The lowest BCUT2D eigenvalue weighted by Gasteiger charge is -2.36. The summed E-state index contributed by atoms with van der Waals surface area (Å²) in [4.78, 5) is 2.21. The van der Waals surface area contributed by atoms with Crippen LogP contribution in [0.4, 0.5) is 8.78 Å². The van der Waals surface area contributed by atoms with Crippen molar-refractivity contribution in [3.05, 3.63) is 41.2 Å². The van der Waals surface area contributed by atoms with Gasteiger partial charge in [-0.3, -0.25) is 0 Å². The molecule has 3 aliphatic heterocycles. The van der Waals surface area contributed by atoms with Crippen molar-refractivity contribution in [3.63, 3.8) is 0 Å². The van der Waals surface area contributed by atoms with Gasteiger partial charge in [0.05, 0.1) is 5.60 Å². The predicted octanol–water partition coefficient (Wildman–Crippen LogP) is 5.24. The van der Waals surface area contributed by atoms with Gasteiger partial charge < -0.3 is 35.1 Å². The summed E-state index contributed by atoms with van der Waals surface area (Å²) in [6.07, 6.45) is 0.679. The molecule has 0 spiro atoms. The van der Waals surface area contributed by atoms with Crippen molar-refractivity contribution in [1.29, 1.82) is 5.41 Å². The Morgan fingerprint density at radius 2 is 1.90 bits per heavy atom. The maximum atomic E-state index is 14.7. The Labute approximate surface area is 245 Å². The number of hydrogen-bond acceptors (Lipinski definition) is 7. The first kappa shape index (κ1) is 33.1. The lowest BCUT2D eigenvalue weighted by Crippen LogP contribution is -2.40. The van der Waals surface area contributed by atoms with Crippen molar-refractivity contribution in [2.24, 2.45) is 5.41 Å². The van der Waals surface area contributed by atoms with E-state index in [2.05, 4.69) is 42.7 Å². The lowest BCUT2D eigenvalue weighted by molar-refractivity contribution is 0.0374. The molecular weight excluding hydrogens is 525 g/mol. The standard InChI is InChI=1S/C30H46BF2N3O3.CH3N/c1-20(2)36-12-8-26(35-21-9-13-37-14-10-21)24(18-36)22-16-23(28(32)33)25(17-27(22)38-15-11-34-7)31-19-29(3,4)30(5,6)39-31;1-2/h16-17,21,28,34-35H,1,8-15,18-19H2,2-7H3;2H,1H2. The van der Waals surface area contributed by atoms with Crippen LogP contribution in [0.25, 0.3) is 5.57 Å². The lowest BCUT2D eigenvalue weighted by atomic mass is 9.53. The molecule has 3 aliphatic rings. The second kappa shape index (κ2) is 14.2. The number of hydrogen-bond donors (Lipinski definition) is 3. The SMILES string of the molecule is C=C(C)N1CCC(NC2CCOCC2)=C(c2cc(C(F)F)c(B3CC(C)(C)C(C)(C)O3)cc2OCCNC)C1.C=N. The fourth-order valence-corrected chi connectivity index (χ4v) is 5.72. The molecule has 0 aromatic heterocycles. The molecule has 2 fully saturated rings. The molecule has 0 radical (unpaired) electrons. The first-order valence-electron chi connectivity index (χ1n) is 14.7. The van der Waals surface area contributed by atoms with Crippen LogP contribution in [0, 0.1) is 10.8 Å². The van der Waals surface area contributed by atoms with Crippen LogP contribution in [0.15, 0.2) is 30.1 Å². The average Bonchev–Trinajstić information content (AvgIpc) is 3.16. The molecule has 1 aromatic carbocycles. The molecule has 0 atom stereocenters. The zero-order valence-electron chi connectivity index (χ0n) is 25.8. The second-order valence-electron chi connectivity index (χ2n) is 12.3. The van der Waals surface area contributed by atoms with Crippen LogP contribution in [-0.2, 0) is 9.39 Å². The van der Waals surface area contributed by atoms with E-state index >= 15 is 0 Å². The number of nitrogens with one attached hydrogen (secondary N) is 3. The van der Waals surface area contributed by atoms with Crippen molar-refractivity contribution in [2.75, 3.05) is 46.5 Å². The van der Waals surface area contributed by atoms with E-state index in [1.165, 1.54) is 0 Å². The third kappa shape index (κ3) is 7.70. The zero-order chi connectivity index (χ0) is 30.4. The Hall–Kier alpha value is -2.43. The van der Waals surface area contributed by atoms with Gasteiger partial charge in [0.25, 0.3) is 6.43 Å². The molecule has 2 saturated heterocycles. The van der Waals surface area contributed by atoms with Gasteiger partial charge in [0.15, 0.2) is 0 Å². The quantitative estimate of drug-likeness (QED) is 0.202. The smallest absolute Gasteiger partial charge is 0.328 e. The summed E-state index contributed by atoms with van der Waals surface area (Å²) < 4.78 is 47.8. The van der Waals surface area contributed by atoms with Crippen LogP contribution >= 0.6 is 0 Å². The first-order chi connectivity index (χ1) is 19.4. The van der Waals surface area contributed by atoms with E-state index in [0.29, 0.717) is 43.3 Å². The van der Waals surface area contributed by atoms with Gasteiger partial charge in [0.2, 0.25) is 0 Å². The summed E-state index contributed by atoms with van der Waals surface area (Å²) in [6.45, 7) is 20.6. The van der Waals surface area contributed by atoms with E-state index in [-0.39, 0.29) is 11.0 Å². The minimum Gasteiger partial charge on any atom is -0.492 e. The number of alkyl halides is 2. The molecule has 41 heavy (non-hydrogen) atoms. The van der Waals surface area contributed by atoms with Crippen molar-refractivity contribution in [1.82, 2.24) is 15.5 Å². The number of likely N-dealkylation sites (N-methyl/N-ethyl adjacent to an activating group) is 1. The molecule has 1 aromatic rings. The van der Waals surface area contributed by atoms with Crippen LogP contribution in [0.3, 0.4) is 0 Å². The van der Waals surface area contributed by atoms with Crippen LogP contribution in [0.2, 0.25) is 6.32 Å². The summed E-state index contributed by atoms with van der Waals surface area (Å²) in [5.41, 5.74) is 3.75. The summed E-state index contributed by atoms with van der Waals surface area (Å²) in [7, 11) is 1.87. The minimum atomic E-state index is -2.63. The van der Waals surface area contributed by atoms with Gasteiger partial charge in [-0.15, -0.1) is 0 Å². The van der Waals surface area contributed by atoms with E-state index in [4.69, 9.17) is 19.5 Å². The molecule has 228 valence electrons. The van der Waals surface area contributed by atoms with E-state index < -0.39 is 18.9 Å². The normalized spacial score (nSPS) is 20.6. The number of benzene rings is 1. The molecular formula is C31H49BF2N4O3. The monoisotopic (exact) mass is 574 g/mol. The van der Waals surface area contributed by atoms with Gasteiger partial charge in [0, 0.05) is 73.4 Å². The molecule has 0 saturated carbocycles. The van der Waals surface area contributed by atoms with Gasteiger partial charge in [0.1, 0.15) is 12.4 Å². The Balaban J connectivity index is 0.00000226. The number of ether oxygens (including phenoxy) is 2. The molecule has 3 heterocycles. The topological polar surface area (TPSA) is 78.8 Å². The van der Waals surface area contributed by atoms with Crippen molar-refractivity contribution in [3.8, 4) is 5.75 Å². The molecule has 10 heteroatoms. The Morgan fingerprint density at radius 3 is 2.46 bits per heavy atom. The largest absolute Gasteiger partial charge is 0.492 e. The number of allylic oxidation sites excluding steroid dienone is 1. The minimum absolute atomic E-state index is 0.0230. The highest BCUT2D eigenvalue weighted by Crippen LogP contribution is 2.46. The second-order valence-corrected chi connectivity index (χ2v) is 12.3. The average molecular weight is 575 g/mol. The van der Waals surface area contributed by atoms with Crippen molar-refractivity contribution in [2.45, 2.75) is 78.3 Å². The van der Waals surface area contributed by atoms with Crippen molar-refractivity contribution >= 4 is 24.7 Å². The Bertz CT molecular complexity index is 1070. The first-order valence-corrected chi connectivity index (χ1v) is 14.7. The number of halogens is 2. The predicted molar refractivity (Wildman–Crippen MR) is 165 cm³/mol. The third-order valence-corrected chi connectivity index (χ3v) is 8.95. The maximum absolute atomic E-state index is 14.7. The van der Waals surface area contributed by atoms with E-state index in [1.54, 1.807) is 6.07 Å². The fraction of sp³-hybridized carbons (Fsp3) is 0.645. The number of rotatable bonds is 10. The maximum Gasteiger partial charge on any atom is 0.328 e. The molecule has 0 amide bonds. The van der Waals surface area contributed by atoms with Gasteiger partial charge in [-0.1, -0.05) is 20.4 Å². The van der Waals surface area contributed by atoms with Crippen molar-refractivity contribution < 1.29 is 22.9 Å². The Kier molecular flexibility index (Phi) is 11.4. The highest BCUT2D eigenvalue weighted by Gasteiger charge is 2.51. The summed E-state index contributed by atoms with van der Waals surface area (Å²) in [6, 6.07) is 3.80. The van der Waals surface area contributed by atoms with Gasteiger partial charge in [-0.05, 0) is 76.7 Å². The van der Waals surface area contributed by atoms with E-state index in [9.17, 15) is 8.78 Å². The van der Waals surface area contributed by atoms with Gasteiger partial charge >= 0.3 is 6.92 Å². The zero-order valence-corrected chi connectivity index (χ0v) is 25.8. The molecule has 7 nitrogen and oxygen atoms in total. The Morgan fingerprint density at radius 1 is 1.22 bits per heavy atom. The van der Waals surface area contributed by atoms with E-state index in [1.807, 2.05) is 33.9 Å². The van der Waals surface area contributed by atoms with Crippen LogP contribution < -0.4 is 20.8 Å². The summed E-state index contributed by atoms with van der Waals surface area (Å²) in [5.74, 6) is 0.626. The molecule has 0 aliphatic carbocycles. The highest BCUT2D eigenvalue weighted by molar-refractivity contribution is 6.69. The van der Waals surface area contributed by atoms with E-state index in [0.717, 1.165) is 61.6 Å². The van der Waals surface area contributed by atoms with Gasteiger partial charge in [-0.25, -0.2) is 8.78 Å². The third-order valence-electron chi connectivity index (χ3n) is 8.95.